The van der Waals surface area contributed by atoms with E-state index in [4.69, 9.17) is 0 Å². The topological polar surface area (TPSA) is 17.0 Å². The Morgan fingerprint density at radius 2 is 1.63 bits per heavy atom. The second-order valence-electron chi connectivity index (χ2n) is 4.55. The molecule has 2 nitrogen and oxygen atoms in total. The summed E-state index contributed by atoms with van der Waals surface area (Å²) in [7, 11) is 2.10. The van der Waals surface area contributed by atoms with E-state index in [1.165, 1.54) is 17.0 Å². The fourth-order valence-corrected chi connectivity index (χ4v) is 4.55. The van der Waals surface area contributed by atoms with Gasteiger partial charge in [0.2, 0.25) is 0 Å². The van der Waals surface area contributed by atoms with Gasteiger partial charge in [-0.1, -0.05) is 15.9 Å². The molecule has 1 aromatic heterocycles. The number of hydrogen-bond acceptors (Lipinski definition) is 1. The van der Waals surface area contributed by atoms with Crippen LogP contribution in [0.2, 0.25) is 0 Å². The highest BCUT2D eigenvalue weighted by Crippen LogP contribution is 2.34. The number of aryl methyl sites for hydroxylation is 1. The molecule has 0 bridgehead atoms. The van der Waals surface area contributed by atoms with Crippen LogP contribution in [0.4, 0.5) is 5.69 Å². The second kappa shape index (κ2) is 6.02. The average molecular weight is 451 g/mol. The monoisotopic (exact) mass is 448 g/mol. The number of nitrogens with one attached hydrogen (secondary N) is 1. The summed E-state index contributed by atoms with van der Waals surface area (Å²) in [5, 5.41) is 3.48. The summed E-state index contributed by atoms with van der Waals surface area (Å²) < 4.78 is 5.34. The predicted molar refractivity (Wildman–Crippen MR) is 91.8 cm³/mol. The third-order valence-electron chi connectivity index (χ3n) is 3.34. The first kappa shape index (κ1) is 15.1. The molecule has 0 saturated carbocycles. The molecule has 5 heteroatoms. The Hall–Kier alpha value is -0.260. The molecular formula is C14H15Br3N2. The van der Waals surface area contributed by atoms with E-state index in [0.29, 0.717) is 0 Å². The number of rotatable bonds is 3. The summed E-state index contributed by atoms with van der Waals surface area (Å²) >= 11 is 10.6. The summed E-state index contributed by atoms with van der Waals surface area (Å²) in [4.78, 5) is 0. The van der Waals surface area contributed by atoms with Gasteiger partial charge < -0.3 is 9.88 Å². The number of benzene rings is 1. The molecule has 0 saturated heterocycles. The van der Waals surface area contributed by atoms with Gasteiger partial charge in [-0.05, 0) is 69.5 Å². The van der Waals surface area contributed by atoms with Crippen LogP contribution in [0.5, 0.6) is 0 Å². The van der Waals surface area contributed by atoms with Crippen molar-refractivity contribution < 1.29 is 0 Å². The summed E-state index contributed by atoms with van der Waals surface area (Å²) in [6, 6.07) is 6.30. The Morgan fingerprint density at radius 3 is 2.11 bits per heavy atom. The number of anilines is 1. The first-order chi connectivity index (χ1) is 8.90. The number of nitrogens with zero attached hydrogens (tertiary/aromatic N) is 1. The van der Waals surface area contributed by atoms with Crippen LogP contribution >= 0.6 is 47.8 Å². The van der Waals surface area contributed by atoms with Crippen LogP contribution in [0.1, 0.15) is 17.0 Å². The lowest BCUT2D eigenvalue weighted by Crippen LogP contribution is -2.02. The van der Waals surface area contributed by atoms with Crippen molar-refractivity contribution in [1.29, 1.82) is 0 Å². The quantitative estimate of drug-likeness (QED) is 0.649. The largest absolute Gasteiger partial charge is 0.379 e. The first-order valence-electron chi connectivity index (χ1n) is 5.90. The van der Waals surface area contributed by atoms with Gasteiger partial charge in [0.15, 0.2) is 0 Å². The fourth-order valence-electron chi connectivity index (χ4n) is 2.01. The molecule has 0 aliphatic carbocycles. The predicted octanol–water partition coefficient (Wildman–Crippen LogP) is 5.54. The van der Waals surface area contributed by atoms with Crippen molar-refractivity contribution in [3.8, 4) is 0 Å². The van der Waals surface area contributed by atoms with Crippen LogP contribution in [-0.2, 0) is 13.6 Å². The number of hydrogen-bond donors (Lipinski definition) is 1. The standard InChI is InChI=1S/C14H15Br3N2/c1-8-4-10(9(2)19(8)3)7-18-14-12(16)5-11(15)6-13(14)17/h4-6,18H,7H2,1-3H3. The van der Waals surface area contributed by atoms with Gasteiger partial charge in [-0.3, -0.25) is 0 Å². The van der Waals surface area contributed by atoms with Crippen molar-refractivity contribution in [3.05, 3.63) is 48.6 Å². The van der Waals surface area contributed by atoms with Gasteiger partial charge in [0, 0.05) is 38.4 Å². The van der Waals surface area contributed by atoms with Crippen molar-refractivity contribution in [1.82, 2.24) is 4.57 Å². The summed E-state index contributed by atoms with van der Waals surface area (Å²) in [6.07, 6.45) is 0. The molecule has 1 N–H and O–H groups in total. The summed E-state index contributed by atoms with van der Waals surface area (Å²) in [6.45, 7) is 5.09. The van der Waals surface area contributed by atoms with Crippen molar-refractivity contribution >= 4 is 53.5 Å². The summed E-state index contributed by atoms with van der Waals surface area (Å²) in [5.74, 6) is 0. The zero-order chi connectivity index (χ0) is 14.2. The van der Waals surface area contributed by atoms with Gasteiger partial charge in [-0.15, -0.1) is 0 Å². The van der Waals surface area contributed by atoms with E-state index >= 15 is 0 Å². The molecule has 0 amide bonds. The lowest BCUT2D eigenvalue weighted by atomic mass is 10.2. The highest BCUT2D eigenvalue weighted by Gasteiger charge is 2.09. The first-order valence-corrected chi connectivity index (χ1v) is 8.28. The molecule has 2 rings (SSSR count). The summed E-state index contributed by atoms with van der Waals surface area (Å²) in [5.41, 5.74) is 4.98. The Kier molecular flexibility index (Phi) is 4.79. The van der Waals surface area contributed by atoms with Crippen molar-refractivity contribution in [2.75, 3.05) is 5.32 Å². The van der Waals surface area contributed by atoms with Crippen molar-refractivity contribution in [2.45, 2.75) is 20.4 Å². The maximum atomic E-state index is 3.58. The average Bonchev–Trinajstić information content (AvgIpc) is 2.55. The maximum Gasteiger partial charge on any atom is 0.0632 e. The normalized spacial score (nSPS) is 10.8. The van der Waals surface area contributed by atoms with Crippen LogP contribution in [-0.4, -0.2) is 4.57 Å². The molecule has 19 heavy (non-hydrogen) atoms. The minimum atomic E-state index is 0.812. The molecule has 0 unspecified atom stereocenters. The molecule has 1 aromatic carbocycles. The molecule has 0 fully saturated rings. The number of aromatic nitrogens is 1. The number of halogens is 3. The smallest absolute Gasteiger partial charge is 0.0632 e. The van der Waals surface area contributed by atoms with Crippen LogP contribution < -0.4 is 5.32 Å². The SMILES string of the molecule is Cc1cc(CNc2c(Br)cc(Br)cc2Br)c(C)n1C. The van der Waals surface area contributed by atoms with E-state index in [9.17, 15) is 0 Å². The zero-order valence-electron chi connectivity index (χ0n) is 11.0. The molecule has 0 aliphatic heterocycles. The Balaban J connectivity index is 2.21. The van der Waals surface area contributed by atoms with E-state index in [1.54, 1.807) is 0 Å². The molecule has 102 valence electrons. The fraction of sp³-hybridized carbons (Fsp3) is 0.286. The molecule has 0 spiro atoms. The molecule has 1 heterocycles. The van der Waals surface area contributed by atoms with Crippen molar-refractivity contribution in [2.24, 2.45) is 7.05 Å². The van der Waals surface area contributed by atoms with Crippen LogP contribution in [0.15, 0.2) is 31.6 Å². The van der Waals surface area contributed by atoms with Gasteiger partial charge in [-0.2, -0.15) is 0 Å². The second-order valence-corrected chi connectivity index (χ2v) is 7.18. The highest BCUT2D eigenvalue weighted by atomic mass is 79.9. The molecule has 0 aliphatic rings. The van der Waals surface area contributed by atoms with Crippen LogP contribution in [0.25, 0.3) is 0 Å². The van der Waals surface area contributed by atoms with E-state index < -0.39 is 0 Å². The highest BCUT2D eigenvalue weighted by molar-refractivity contribution is 9.11. The Labute approximate surface area is 139 Å². The lowest BCUT2D eigenvalue weighted by molar-refractivity contribution is 0.837. The molecule has 0 radical (unpaired) electrons. The minimum absolute atomic E-state index is 0.812. The van der Waals surface area contributed by atoms with Gasteiger partial charge in [0.1, 0.15) is 0 Å². The van der Waals surface area contributed by atoms with Gasteiger partial charge in [-0.25, -0.2) is 0 Å². The van der Waals surface area contributed by atoms with Crippen LogP contribution in [0.3, 0.4) is 0 Å². The third-order valence-corrected chi connectivity index (χ3v) is 5.05. The van der Waals surface area contributed by atoms with Crippen LogP contribution in [0, 0.1) is 13.8 Å². The van der Waals surface area contributed by atoms with E-state index in [0.717, 1.165) is 25.7 Å². The van der Waals surface area contributed by atoms with Gasteiger partial charge >= 0.3 is 0 Å². The maximum absolute atomic E-state index is 3.58. The molecular weight excluding hydrogens is 436 g/mol. The lowest BCUT2D eigenvalue weighted by Gasteiger charge is -2.11. The molecule has 0 atom stereocenters. The van der Waals surface area contributed by atoms with Crippen molar-refractivity contribution in [3.63, 3.8) is 0 Å². The zero-order valence-corrected chi connectivity index (χ0v) is 15.8. The Bertz CT molecular complexity index is 594. The van der Waals surface area contributed by atoms with E-state index in [2.05, 4.69) is 84.6 Å². The molecule has 2 aromatic rings. The van der Waals surface area contributed by atoms with Gasteiger partial charge in [0.05, 0.1) is 5.69 Å². The van der Waals surface area contributed by atoms with Gasteiger partial charge in [0.25, 0.3) is 0 Å². The van der Waals surface area contributed by atoms with E-state index in [-0.39, 0.29) is 0 Å². The van der Waals surface area contributed by atoms with E-state index in [1.807, 2.05) is 12.1 Å². The third kappa shape index (κ3) is 3.26. The Morgan fingerprint density at radius 1 is 1.05 bits per heavy atom. The minimum Gasteiger partial charge on any atom is -0.379 e.